The van der Waals surface area contributed by atoms with E-state index in [-0.39, 0.29) is 12.4 Å². The molecule has 0 saturated heterocycles. The lowest BCUT2D eigenvalue weighted by Gasteiger charge is -2.13. The highest BCUT2D eigenvalue weighted by Crippen LogP contribution is 2.27. The van der Waals surface area contributed by atoms with Gasteiger partial charge in [0.1, 0.15) is 5.15 Å². The number of halogens is 1. The largest absolute Gasteiger partial charge is 0.466 e. The van der Waals surface area contributed by atoms with Crippen molar-refractivity contribution in [3.63, 3.8) is 0 Å². The Morgan fingerprint density at radius 2 is 2.04 bits per heavy atom. The number of benzene rings is 1. The fraction of sp³-hybridized carbons (Fsp3) is 0.368. The standard InChI is InChI=1S/C19H23ClN2O2/c1-4-21-11-15-8-13(3)6-7-17(15)16-9-14(19(20)22-12-16)10-18(23)24-5-2/h6-9,12,21H,4-5,10-11H2,1-3H3. The van der Waals surface area contributed by atoms with Crippen molar-refractivity contribution in [3.05, 3.63) is 52.3 Å². The Kier molecular flexibility index (Phi) is 6.76. The van der Waals surface area contributed by atoms with E-state index in [2.05, 4.69) is 42.3 Å². The van der Waals surface area contributed by atoms with Crippen molar-refractivity contribution in [1.29, 1.82) is 0 Å². The lowest BCUT2D eigenvalue weighted by molar-refractivity contribution is -0.142. The first kappa shape index (κ1) is 18.4. The van der Waals surface area contributed by atoms with Crippen LogP contribution in [0, 0.1) is 6.92 Å². The Hall–Kier alpha value is -1.91. The highest BCUT2D eigenvalue weighted by Gasteiger charge is 2.12. The van der Waals surface area contributed by atoms with Crippen LogP contribution in [0.5, 0.6) is 0 Å². The van der Waals surface area contributed by atoms with Gasteiger partial charge in [0.05, 0.1) is 13.0 Å². The molecule has 5 heteroatoms. The second-order valence-corrected chi connectivity index (χ2v) is 5.95. The minimum absolute atomic E-state index is 0.127. The summed E-state index contributed by atoms with van der Waals surface area (Å²) in [4.78, 5) is 16.0. The maximum atomic E-state index is 11.7. The van der Waals surface area contributed by atoms with Crippen molar-refractivity contribution in [2.24, 2.45) is 0 Å². The molecule has 128 valence electrons. The van der Waals surface area contributed by atoms with E-state index >= 15 is 0 Å². The van der Waals surface area contributed by atoms with E-state index in [1.807, 2.05) is 6.07 Å². The maximum absolute atomic E-state index is 11.7. The molecule has 0 radical (unpaired) electrons. The molecular weight excluding hydrogens is 324 g/mol. The highest BCUT2D eigenvalue weighted by molar-refractivity contribution is 6.30. The Bertz CT molecular complexity index is 717. The summed E-state index contributed by atoms with van der Waals surface area (Å²) < 4.78 is 5.00. The van der Waals surface area contributed by atoms with Crippen molar-refractivity contribution >= 4 is 17.6 Å². The second kappa shape index (κ2) is 8.81. The summed E-state index contributed by atoms with van der Waals surface area (Å²) in [7, 11) is 0. The highest BCUT2D eigenvalue weighted by atomic mass is 35.5. The van der Waals surface area contributed by atoms with E-state index in [9.17, 15) is 4.79 Å². The van der Waals surface area contributed by atoms with Gasteiger partial charge >= 0.3 is 5.97 Å². The van der Waals surface area contributed by atoms with Crippen LogP contribution in [-0.2, 0) is 22.5 Å². The zero-order valence-corrected chi connectivity index (χ0v) is 15.1. The van der Waals surface area contributed by atoms with Gasteiger partial charge in [-0.05, 0) is 37.6 Å². The van der Waals surface area contributed by atoms with E-state index in [0.29, 0.717) is 17.3 Å². The number of rotatable bonds is 7. The number of aromatic nitrogens is 1. The van der Waals surface area contributed by atoms with Crippen molar-refractivity contribution in [1.82, 2.24) is 10.3 Å². The average molecular weight is 347 g/mol. The number of hydrogen-bond acceptors (Lipinski definition) is 4. The zero-order chi connectivity index (χ0) is 17.5. The molecule has 1 aromatic carbocycles. The molecule has 0 saturated carbocycles. The predicted octanol–water partition coefficient (Wildman–Crippen LogP) is 3.93. The van der Waals surface area contributed by atoms with Gasteiger partial charge in [0.15, 0.2) is 0 Å². The maximum Gasteiger partial charge on any atom is 0.310 e. The first-order valence-electron chi connectivity index (χ1n) is 8.15. The normalized spacial score (nSPS) is 10.7. The van der Waals surface area contributed by atoms with Gasteiger partial charge in [-0.15, -0.1) is 0 Å². The third kappa shape index (κ3) is 4.79. The molecule has 0 unspecified atom stereocenters. The SMILES string of the molecule is CCNCc1cc(C)ccc1-c1cnc(Cl)c(CC(=O)OCC)c1. The lowest BCUT2D eigenvalue weighted by atomic mass is 9.97. The zero-order valence-electron chi connectivity index (χ0n) is 14.4. The molecule has 1 aromatic heterocycles. The summed E-state index contributed by atoms with van der Waals surface area (Å²) in [6, 6.07) is 8.25. The second-order valence-electron chi connectivity index (χ2n) is 5.60. The van der Waals surface area contributed by atoms with E-state index in [1.165, 1.54) is 11.1 Å². The van der Waals surface area contributed by atoms with Gasteiger partial charge in [-0.25, -0.2) is 4.98 Å². The minimum Gasteiger partial charge on any atom is -0.466 e. The number of ether oxygens (including phenoxy) is 1. The fourth-order valence-electron chi connectivity index (χ4n) is 2.54. The Labute approximate surface area is 148 Å². The number of carbonyl (C=O) groups is 1. The molecule has 1 N–H and O–H groups in total. The van der Waals surface area contributed by atoms with Crippen LogP contribution in [0.2, 0.25) is 5.15 Å². The lowest BCUT2D eigenvalue weighted by Crippen LogP contribution is -2.13. The van der Waals surface area contributed by atoms with E-state index in [1.54, 1.807) is 13.1 Å². The topological polar surface area (TPSA) is 51.2 Å². The van der Waals surface area contributed by atoms with E-state index in [0.717, 1.165) is 24.2 Å². The van der Waals surface area contributed by atoms with Crippen LogP contribution in [-0.4, -0.2) is 24.1 Å². The molecule has 0 aliphatic rings. The molecule has 4 nitrogen and oxygen atoms in total. The van der Waals surface area contributed by atoms with Gasteiger partial charge in [0.2, 0.25) is 0 Å². The Morgan fingerprint density at radius 3 is 2.75 bits per heavy atom. The summed E-state index contributed by atoms with van der Waals surface area (Å²) in [5.41, 5.74) is 5.13. The van der Waals surface area contributed by atoms with Crippen LogP contribution < -0.4 is 5.32 Å². The molecule has 0 spiro atoms. The molecule has 0 bridgehead atoms. The monoisotopic (exact) mass is 346 g/mol. The molecule has 0 amide bonds. The van der Waals surface area contributed by atoms with Crippen molar-refractivity contribution in [2.75, 3.05) is 13.2 Å². The van der Waals surface area contributed by atoms with Gasteiger partial charge in [0, 0.05) is 23.9 Å². The van der Waals surface area contributed by atoms with E-state index in [4.69, 9.17) is 16.3 Å². The third-order valence-electron chi connectivity index (χ3n) is 3.69. The number of aryl methyl sites for hydroxylation is 1. The molecule has 2 aromatic rings. The molecule has 0 aliphatic carbocycles. The quantitative estimate of drug-likeness (QED) is 0.609. The molecule has 0 fully saturated rings. The number of hydrogen-bond donors (Lipinski definition) is 1. The summed E-state index contributed by atoms with van der Waals surface area (Å²) in [6.45, 7) is 7.98. The molecule has 2 rings (SSSR count). The van der Waals surface area contributed by atoms with Crippen LogP contribution in [0.3, 0.4) is 0 Å². The number of nitrogens with zero attached hydrogens (tertiary/aromatic N) is 1. The summed E-state index contributed by atoms with van der Waals surface area (Å²) in [6.07, 6.45) is 1.87. The van der Waals surface area contributed by atoms with Gasteiger partial charge in [-0.2, -0.15) is 0 Å². The van der Waals surface area contributed by atoms with Crippen molar-refractivity contribution in [2.45, 2.75) is 33.7 Å². The molecule has 1 heterocycles. The van der Waals surface area contributed by atoms with Crippen LogP contribution in [0.4, 0.5) is 0 Å². The Balaban J connectivity index is 2.37. The molecule has 0 aliphatic heterocycles. The number of esters is 1. The van der Waals surface area contributed by atoms with Crippen LogP contribution in [0.15, 0.2) is 30.5 Å². The van der Waals surface area contributed by atoms with E-state index < -0.39 is 0 Å². The number of carbonyl (C=O) groups excluding carboxylic acids is 1. The van der Waals surface area contributed by atoms with Gasteiger partial charge in [0.25, 0.3) is 0 Å². The fourth-order valence-corrected chi connectivity index (χ4v) is 2.71. The van der Waals surface area contributed by atoms with Crippen LogP contribution in [0.1, 0.15) is 30.5 Å². The van der Waals surface area contributed by atoms with Gasteiger partial charge < -0.3 is 10.1 Å². The molecule has 24 heavy (non-hydrogen) atoms. The summed E-state index contributed by atoms with van der Waals surface area (Å²) in [5.74, 6) is -0.296. The molecular formula is C19H23ClN2O2. The minimum atomic E-state index is -0.296. The van der Waals surface area contributed by atoms with Crippen LogP contribution in [0.25, 0.3) is 11.1 Å². The van der Waals surface area contributed by atoms with Gasteiger partial charge in [-0.3, -0.25) is 4.79 Å². The van der Waals surface area contributed by atoms with Crippen molar-refractivity contribution < 1.29 is 9.53 Å². The Morgan fingerprint density at radius 1 is 1.25 bits per heavy atom. The van der Waals surface area contributed by atoms with Gasteiger partial charge in [-0.1, -0.05) is 42.3 Å². The summed E-state index contributed by atoms with van der Waals surface area (Å²) >= 11 is 6.15. The number of nitrogens with one attached hydrogen (secondary N) is 1. The average Bonchev–Trinajstić information content (AvgIpc) is 2.55. The first-order valence-corrected chi connectivity index (χ1v) is 8.53. The first-order chi connectivity index (χ1) is 11.5. The smallest absolute Gasteiger partial charge is 0.310 e. The number of pyridine rings is 1. The van der Waals surface area contributed by atoms with Crippen molar-refractivity contribution in [3.8, 4) is 11.1 Å². The van der Waals surface area contributed by atoms with Crippen LogP contribution >= 0.6 is 11.6 Å². The predicted molar refractivity (Wildman–Crippen MR) is 97.1 cm³/mol. The third-order valence-corrected chi connectivity index (χ3v) is 4.03. The summed E-state index contributed by atoms with van der Waals surface area (Å²) in [5, 5.41) is 3.70. The molecule has 0 atom stereocenters.